The summed E-state index contributed by atoms with van der Waals surface area (Å²) in [5.74, 6) is -1.10. The van der Waals surface area contributed by atoms with Gasteiger partial charge in [-0.05, 0) is 73.7 Å². The lowest BCUT2D eigenvalue weighted by molar-refractivity contribution is -0.116. The molecule has 0 unspecified atom stereocenters. The molecular formula is C29H27N5O3S. The van der Waals surface area contributed by atoms with E-state index in [1.807, 2.05) is 83.3 Å². The molecule has 9 heteroatoms. The molecule has 38 heavy (non-hydrogen) atoms. The minimum atomic E-state index is -0.989. The molecule has 1 saturated heterocycles. The summed E-state index contributed by atoms with van der Waals surface area (Å²) in [5.41, 5.74) is 4.51. The maximum Gasteiger partial charge on any atom is 0.335 e. The van der Waals surface area contributed by atoms with Crippen molar-refractivity contribution in [2.24, 2.45) is 0 Å². The van der Waals surface area contributed by atoms with E-state index in [1.165, 1.54) is 0 Å². The normalized spacial score (nSPS) is 16.8. The lowest BCUT2D eigenvalue weighted by atomic mass is 10.0. The zero-order valence-corrected chi connectivity index (χ0v) is 21.6. The number of nitrogens with zero attached hydrogens (tertiary/aromatic N) is 3. The number of hydrogen-bond acceptors (Lipinski definition) is 4. The molecule has 1 aliphatic rings. The third-order valence-electron chi connectivity index (χ3n) is 6.57. The Morgan fingerprint density at radius 2 is 1.87 bits per heavy atom. The SMILES string of the molecule is Cc1ccc(NC(=O)CCN2C(=S)N[C@H](c3ccccn3)[C@@H]2c2cccn2-c2cccc(C(=O)O)c2)cc1. The monoisotopic (exact) mass is 525 g/mol. The van der Waals surface area contributed by atoms with Gasteiger partial charge in [-0.3, -0.25) is 9.78 Å². The maximum absolute atomic E-state index is 12.8. The summed E-state index contributed by atoms with van der Waals surface area (Å²) in [6.07, 6.45) is 3.87. The second-order valence-electron chi connectivity index (χ2n) is 9.14. The second-order valence-corrected chi connectivity index (χ2v) is 9.53. The molecule has 2 aromatic carbocycles. The van der Waals surface area contributed by atoms with Crippen LogP contribution in [-0.4, -0.2) is 43.1 Å². The van der Waals surface area contributed by atoms with Crippen LogP contribution in [0.4, 0.5) is 5.69 Å². The average molecular weight is 526 g/mol. The van der Waals surface area contributed by atoms with Crippen molar-refractivity contribution in [2.75, 3.05) is 11.9 Å². The number of amides is 1. The number of aryl methyl sites for hydroxylation is 1. The van der Waals surface area contributed by atoms with E-state index < -0.39 is 5.97 Å². The summed E-state index contributed by atoms with van der Waals surface area (Å²) in [7, 11) is 0. The van der Waals surface area contributed by atoms with Gasteiger partial charge in [0.1, 0.15) is 0 Å². The molecule has 4 aromatic rings. The summed E-state index contributed by atoms with van der Waals surface area (Å²) in [6, 6.07) is 23.6. The summed E-state index contributed by atoms with van der Waals surface area (Å²) < 4.78 is 1.96. The first-order chi connectivity index (χ1) is 18.4. The van der Waals surface area contributed by atoms with E-state index in [2.05, 4.69) is 15.6 Å². The van der Waals surface area contributed by atoms with Crippen LogP contribution >= 0.6 is 12.2 Å². The highest BCUT2D eigenvalue weighted by molar-refractivity contribution is 7.80. The Morgan fingerprint density at radius 3 is 2.61 bits per heavy atom. The van der Waals surface area contributed by atoms with Gasteiger partial charge >= 0.3 is 5.97 Å². The van der Waals surface area contributed by atoms with Crippen LogP contribution in [0.5, 0.6) is 0 Å². The van der Waals surface area contributed by atoms with Gasteiger partial charge in [0, 0.05) is 42.4 Å². The Hall–Kier alpha value is -4.50. The van der Waals surface area contributed by atoms with Crippen LogP contribution in [0.15, 0.2) is 91.3 Å². The van der Waals surface area contributed by atoms with E-state index in [0.29, 0.717) is 11.7 Å². The lowest BCUT2D eigenvalue weighted by Gasteiger charge is -2.29. The smallest absolute Gasteiger partial charge is 0.335 e. The Labute approximate surface area is 225 Å². The number of aromatic nitrogens is 2. The van der Waals surface area contributed by atoms with Crippen molar-refractivity contribution in [2.45, 2.75) is 25.4 Å². The van der Waals surface area contributed by atoms with Crippen LogP contribution in [-0.2, 0) is 4.79 Å². The number of carbonyl (C=O) groups is 2. The van der Waals surface area contributed by atoms with Gasteiger partial charge in [0.05, 0.1) is 23.3 Å². The minimum Gasteiger partial charge on any atom is -0.478 e. The highest BCUT2D eigenvalue weighted by atomic mass is 32.1. The summed E-state index contributed by atoms with van der Waals surface area (Å²) in [6.45, 7) is 2.39. The van der Waals surface area contributed by atoms with E-state index in [4.69, 9.17) is 12.2 Å². The van der Waals surface area contributed by atoms with Crippen molar-refractivity contribution in [1.29, 1.82) is 0 Å². The van der Waals surface area contributed by atoms with Crippen molar-refractivity contribution in [1.82, 2.24) is 19.8 Å². The number of carboxylic acid groups (broad SMARTS) is 1. The molecular weight excluding hydrogens is 498 g/mol. The molecule has 8 nitrogen and oxygen atoms in total. The van der Waals surface area contributed by atoms with Gasteiger partial charge in [0.2, 0.25) is 5.91 Å². The Balaban J connectivity index is 1.45. The van der Waals surface area contributed by atoms with Crippen LogP contribution in [0.25, 0.3) is 5.69 Å². The van der Waals surface area contributed by atoms with Crippen molar-refractivity contribution >= 4 is 34.9 Å². The van der Waals surface area contributed by atoms with Crippen LogP contribution in [0, 0.1) is 6.92 Å². The Morgan fingerprint density at radius 1 is 1.05 bits per heavy atom. The number of nitrogens with one attached hydrogen (secondary N) is 2. The van der Waals surface area contributed by atoms with Gasteiger partial charge in [-0.2, -0.15) is 0 Å². The van der Waals surface area contributed by atoms with E-state index in [-0.39, 0.29) is 30.0 Å². The molecule has 3 heterocycles. The molecule has 192 valence electrons. The molecule has 1 fully saturated rings. The van der Waals surface area contributed by atoms with Crippen LogP contribution < -0.4 is 10.6 Å². The zero-order valence-electron chi connectivity index (χ0n) is 20.7. The van der Waals surface area contributed by atoms with Crippen LogP contribution in [0.1, 0.15) is 45.8 Å². The number of carbonyl (C=O) groups excluding carboxylic acids is 1. The van der Waals surface area contributed by atoms with Crippen molar-refractivity contribution in [3.05, 3.63) is 114 Å². The second kappa shape index (κ2) is 10.9. The van der Waals surface area contributed by atoms with Gasteiger partial charge in [0.25, 0.3) is 0 Å². The molecule has 0 spiro atoms. The molecule has 0 aliphatic carbocycles. The number of rotatable bonds is 8. The Bertz CT molecular complexity index is 1470. The van der Waals surface area contributed by atoms with E-state index >= 15 is 0 Å². The van der Waals surface area contributed by atoms with E-state index in [1.54, 1.807) is 24.4 Å². The number of thiocarbonyl (C=S) groups is 1. The van der Waals surface area contributed by atoms with E-state index in [9.17, 15) is 14.7 Å². The third-order valence-corrected chi connectivity index (χ3v) is 6.92. The topological polar surface area (TPSA) is 99.5 Å². The van der Waals surface area contributed by atoms with Gasteiger partial charge < -0.3 is 25.2 Å². The first kappa shape index (κ1) is 25.2. The van der Waals surface area contributed by atoms with Crippen molar-refractivity contribution in [3.63, 3.8) is 0 Å². The fourth-order valence-corrected chi connectivity index (χ4v) is 5.04. The Kier molecular flexibility index (Phi) is 7.19. The number of pyridine rings is 1. The van der Waals surface area contributed by atoms with Gasteiger partial charge in [-0.1, -0.05) is 29.8 Å². The number of carboxylic acids is 1. The molecule has 2 aromatic heterocycles. The molecule has 2 atom stereocenters. The van der Waals surface area contributed by atoms with E-state index in [0.717, 1.165) is 28.3 Å². The summed E-state index contributed by atoms with van der Waals surface area (Å²) in [5, 5.41) is 16.4. The molecule has 3 N–H and O–H groups in total. The fourth-order valence-electron chi connectivity index (χ4n) is 4.71. The van der Waals surface area contributed by atoms with Gasteiger partial charge in [-0.15, -0.1) is 0 Å². The summed E-state index contributed by atoms with van der Waals surface area (Å²) >= 11 is 5.75. The highest BCUT2D eigenvalue weighted by Crippen LogP contribution is 2.39. The van der Waals surface area contributed by atoms with Gasteiger partial charge in [-0.25, -0.2) is 4.79 Å². The highest BCUT2D eigenvalue weighted by Gasteiger charge is 2.41. The third kappa shape index (κ3) is 5.28. The van der Waals surface area contributed by atoms with Gasteiger partial charge in [0.15, 0.2) is 5.11 Å². The van der Waals surface area contributed by atoms with Crippen molar-refractivity contribution in [3.8, 4) is 5.69 Å². The number of anilines is 1. The standard InChI is InChI=1S/C29H27N5O3S/c1-19-10-12-21(13-11-19)31-25(35)14-17-34-27(26(32-29(34)38)23-8-2-3-15-30-23)24-9-5-16-33(24)22-7-4-6-20(18-22)28(36)37/h2-13,15-16,18,26-27H,14,17H2,1H3,(H,31,35)(H,32,38)(H,36,37)/t26-,27+/m1/s1. The lowest BCUT2D eigenvalue weighted by Crippen LogP contribution is -2.33. The maximum atomic E-state index is 12.8. The molecule has 0 bridgehead atoms. The van der Waals surface area contributed by atoms with Crippen molar-refractivity contribution < 1.29 is 14.7 Å². The number of hydrogen-bond donors (Lipinski definition) is 3. The molecule has 5 rings (SSSR count). The first-order valence-electron chi connectivity index (χ1n) is 12.3. The molecule has 0 radical (unpaired) electrons. The summed E-state index contributed by atoms with van der Waals surface area (Å²) in [4.78, 5) is 31.0. The quantitative estimate of drug-likeness (QED) is 0.282. The average Bonchev–Trinajstić information content (AvgIpc) is 3.53. The first-order valence-corrected chi connectivity index (χ1v) is 12.7. The molecule has 0 saturated carbocycles. The molecule has 1 amide bonds. The van der Waals surface area contributed by atoms with Crippen LogP contribution in [0.2, 0.25) is 0 Å². The predicted molar refractivity (Wildman–Crippen MR) is 149 cm³/mol. The fraction of sp³-hybridized carbons (Fsp3) is 0.172. The molecule has 1 aliphatic heterocycles. The predicted octanol–water partition coefficient (Wildman–Crippen LogP) is 4.88. The van der Waals surface area contributed by atoms with Crippen LogP contribution in [0.3, 0.4) is 0 Å². The largest absolute Gasteiger partial charge is 0.478 e. The number of aromatic carboxylic acids is 1. The zero-order chi connectivity index (χ0) is 26.6. The minimum absolute atomic E-state index is 0.110. The number of benzene rings is 2.